The first-order valence-electron chi connectivity index (χ1n) is 6.43. The Hall–Kier alpha value is -0.770. The van der Waals surface area contributed by atoms with E-state index in [0.717, 1.165) is 25.9 Å². The SMILES string of the molecule is CCN1CC2(CC3CCC(C2)N3)N(C)C1=O. The van der Waals surface area contributed by atoms with E-state index in [1.807, 2.05) is 16.8 Å². The minimum Gasteiger partial charge on any atom is -0.323 e. The second-order valence-corrected chi connectivity index (χ2v) is 5.63. The average Bonchev–Trinajstić information content (AvgIpc) is 2.73. The number of hydrogen-bond donors (Lipinski definition) is 1. The molecule has 3 aliphatic rings. The van der Waals surface area contributed by atoms with Gasteiger partial charge in [-0.15, -0.1) is 0 Å². The molecule has 90 valence electrons. The summed E-state index contributed by atoms with van der Waals surface area (Å²) >= 11 is 0. The summed E-state index contributed by atoms with van der Waals surface area (Å²) in [6.07, 6.45) is 4.87. The lowest BCUT2D eigenvalue weighted by atomic mass is 9.83. The monoisotopic (exact) mass is 223 g/mol. The van der Waals surface area contributed by atoms with Crippen molar-refractivity contribution in [2.24, 2.45) is 0 Å². The summed E-state index contributed by atoms with van der Waals surface area (Å²) in [5.74, 6) is 0. The Morgan fingerprint density at radius 3 is 2.50 bits per heavy atom. The van der Waals surface area contributed by atoms with Gasteiger partial charge in [0.05, 0.1) is 5.54 Å². The molecule has 0 aromatic carbocycles. The molecule has 2 amide bonds. The number of amides is 2. The molecule has 1 spiro atoms. The third-order valence-electron chi connectivity index (χ3n) is 4.72. The highest BCUT2D eigenvalue weighted by Crippen LogP contribution is 2.41. The molecule has 2 bridgehead atoms. The number of carbonyl (C=O) groups is 1. The Bertz CT molecular complexity index is 305. The number of hydrogen-bond acceptors (Lipinski definition) is 2. The minimum absolute atomic E-state index is 0.129. The molecule has 0 saturated carbocycles. The number of piperidine rings is 1. The van der Waals surface area contributed by atoms with Crippen LogP contribution in [0.15, 0.2) is 0 Å². The van der Waals surface area contributed by atoms with Crippen molar-refractivity contribution in [2.45, 2.75) is 50.2 Å². The zero-order chi connectivity index (χ0) is 11.3. The van der Waals surface area contributed by atoms with Gasteiger partial charge < -0.3 is 15.1 Å². The van der Waals surface area contributed by atoms with Crippen LogP contribution in [0.5, 0.6) is 0 Å². The highest BCUT2D eigenvalue weighted by molar-refractivity contribution is 5.78. The Morgan fingerprint density at radius 2 is 2.00 bits per heavy atom. The number of nitrogens with zero attached hydrogens (tertiary/aromatic N) is 2. The predicted molar refractivity (Wildman–Crippen MR) is 62.3 cm³/mol. The maximum Gasteiger partial charge on any atom is 0.320 e. The predicted octanol–water partition coefficient (Wildman–Crippen LogP) is 1.03. The molecule has 3 rings (SSSR count). The number of nitrogens with one attached hydrogen (secondary N) is 1. The molecule has 0 radical (unpaired) electrons. The quantitative estimate of drug-likeness (QED) is 0.720. The molecule has 3 fully saturated rings. The third-order valence-corrected chi connectivity index (χ3v) is 4.72. The van der Waals surface area contributed by atoms with E-state index in [9.17, 15) is 4.79 Å². The van der Waals surface area contributed by atoms with Crippen LogP contribution in [0.3, 0.4) is 0 Å². The molecular formula is C12H21N3O. The van der Waals surface area contributed by atoms with Crippen molar-refractivity contribution in [3.63, 3.8) is 0 Å². The van der Waals surface area contributed by atoms with Gasteiger partial charge in [0, 0.05) is 32.2 Å². The average molecular weight is 223 g/mol. The van der Waals surface area contributed by atoms with Gasteiger partial charge in [0.2, 0.25) is 0 Å². The summed E-state index contributed by atoms with van der Waals surface area (Å²) in [7, 11) is 1.99. The van der Waals surface area contributed by atoms with Crippen LogP contribution < -0.4 is 5.32 Å². The molecule has 0 aliphatic carbocycles. The van der Waals surface area contributed by atoms with Crippen LogP contribution in [0, 0.1) is 0 Å². The largest absolute Gasteiger partial charge is 0.323 e. The maximum atomic E-state index is 12.1. The first-order valence-corrected chi connectivity index (χ1v) is 6.43. The van der Waals surface area contributed by atoms with E-state index in [-0.39, 0.29) is 11.6 Å². The molecular weight excluding hydrogens is 202 g/mol. The van der Waals surface area contributed by atoms with Gasteiger partial charge in [-0.3, -0.25) is 0 Å². The first-order chi connectivity index (χ1) is 7.64. The van der Waals surface area contributed by atoms with Crippen molar-refractivity contribution >= 4 is 6.03 Å². The van der Waals surface area contributed by atoms with Crippen LogP contribution in [-0.2, 0) is 0 Å². The van der Waals surface area contributed by atoms with Crippen molar-refractivity contribution in [2.75, 3.05) is 20.1 Å². The fourth-order valence-electron chi connectivity index (χ4n) is 3.82. The number of likely N-dealkylation sites (N-methyl/N-ethyl adjacent to an activating group) is 2. The van der Waals surface area contributed by atoms with E-state index < -0.39 is 0 Å². The van der Waals surface area contributed by atoms with Gasteiger partial charge in [0.15, 0.2) is 0 Å². The Morgan fingerprint density at radius 1 is 1.38 bits per heavy atom. The van der Waals surface area contributed by atoms with Crippen molar-refractivity contribution in [3.05, 3.63) is 0 Å². The zero-order valence-electron chi connectivity index (χ0n) is 10.2. The van der Waals surface area contributed by atoms with Gasteiger partial charge >= 0.3 is 6.03 Å². The summed E-state index contributed by atoms with van der Waals surface area (Å²) in [4.78, 5) is 16.1. The summed E-state index contributed by atoms with van der Waals surface area (Å²) in [6.45, 7) is 3.85. The molecule has 1 N–H and O–H groups in total. The highest BCUT2D eigenvalue weighted by atomic mass is 16.2. The van der Waals surface area contributed by atoms with Crippen LogP contribution in [-0.4, -0.2) is 53.6 Å². The van der Waals surface area contributed by atoms with Crippen molar-refractivity contribution < 1.29 is 4.79 Å². The molecule has 0 aromatic rings. The van der Waals surface area contributed by atoms with Crippen LogP contribution in [0.4, 0.5) is 4.79 Å². The Balaban J connectivity index is 1.86. The van der Waals surface area contributed by atoms with Crippen LogP contribution in [0.25, 0.3) is 0 Å². The minimum atomic E-state index is 0.129. The normalized spacial score (nSPS) is 42.5. The van der Waals surface area contributed by atoms with Crippen LogP contribution in [0.2, 0.25) is 0 Å². The highest BCUT2D eigenvalue weighted by Gasteiger charge is 2.53. The lowest BCUT2D eigenvalue weighted by Crippen LogP contribution is -2.56. The fraction of sp³-hybridized carbons (Fsp3) is 0.917. The summed E-state index contributed by atoms with van der Waals surface area (Å²) in [5, 5.41) is 3.65. The topological polar surface area (TPSA) is 35.6 Å². The van der Waals surface area contributed by atoms with Crippen molar-refractivity contribution in [3.8, 4) is 0 Å². The zero-order valence-corrected chi connectivity index (χ0v) is 10.2. The van der Waals surface area contributed by atoms with E-state index in [0.29, 0.717) is 12.1 Å². The molecule has 4 nitrogen and oxygen atoms in total. The summed E-state index contributed by atoms with van der Waals surface area (Å²) < 4.78 is 0. The molecule has 16 heavy (non-hydrogen) atoms. The molecule has 2 unspecified atom stereocenters. The van der Waals surface area contributed by atoms with Gasteiger partial charge in [-0.2, -0.15) is 0 Å². The smallest absolute Gasteiger partial charge is 0.320 e. The second kappa shape index (κ2) is 3.36. The van der Waals surface area contributed by atoms with E-state index >= 15 is 0 Å². The number of carbonyl (C=O) groups excluding carboxylic acids is 1. The summed E-state index contributed by atoms with van der Waals surface area (Å²) in [5.41, 5.74) is 0.129. The molecule has 4 heteroatoms. The maximum absolute atomic E-state index is 12.1. The van der Waals surface area contributed by atoms with E-state index in [1.54, 1.807) is 0 Å². The van der Waals surface area contributed by atoms with Gasteiger partial charge in [-0.25, -0.2) is 4.79 Å². The molecule has 3 heterocycles. The molecule has 3 aliphatic heterocycles. The van der Waals surface area contributed by atoms with Crippen LogP contribution >= 0.6 is 0 Å². The van der Waals surface area contributed by atoms with Gasteiger partial charge in [-0.1, -0.05) is 0 Å². The summed E-state index contributed by atoms with van der Waals surface area (Å²) in [6, 6.07) is 1.51. The number of urea groups is 1. The lowest BCUT2D eigenvalue weighted by molar-refractivity contribution is 0.125. The standard InChI is InChI=1S/C12H21N3O/c1-3-15-8-12(14(2)11(15)16)6-9-4-5-10(7-12)13-9/h9-10,13H,3-8H2,1-2H3. The fourth-order valence-corrected chi connectivity index (χ4v) is 3.82. The Labute approximate surface area is 97.0 Å². The lowest BCUT2D eigenvalue weighted by Gasteiger charge is -2.42. The van der Waals surface area contributed by atoms with E-state index in [1.165, 1.54) is 12.8 Å². The molecule has 2 atom stereocenters. The van der Waals surface area contributed by atoms with Crippen LogP contribution in [0.1, 0.15) is 32.6 Å². The van der Waals surface area contributed by atoms with Crippen molar-refractivity contribution in [1.82, 2.24) is 15.1 Å². The Kier molecular flexibility index (Phi) is 2.18. The second-order valence-electron chi connectivity index (χ2n) is 5.63. The van der Waals surface area contributed by atoms with Gasteiger partial charge in [-0.05, 0) is 32.6 Å². The number of rotatable bonds is 1. The first kappa shape index (κ1) is 10.4. The van der Waals surface area contributed by atoms with Gasteiger partial charge in [0.1, 0.15) is 0 Å². The van der Waals surface area contributed by atoms with E-state index in [4.69, 9.17) is 0 Å². The number of fused-ring (bicyclic) bond motifs is 2. The molecule has 3 saturated heterocycles. The van der Waals surface area contributed by atoms with E-state index in [2.05, 4.69) is 12.2 Å². The van der Waals surface area contributed by atoms with Crippen molar-refractivity contribution in [1.29, 1.82) is 0 Å². The molecule has 0 aromatic heterocycles. The third kappa shape index (κ3) is 1.29. The van der Waals surface area contributed by atoms with Gasteiger partial charge in [0.25, 0.3) is 0 Å².